The minimum Gasteiger partial charge on any atom is -0.324 e. The van der Waals surface area contributed by atoms with Crippen molar-refractivity contribution >= 4 is 0 Å². The molecule has 0 aliphatic carbocycles. The van der Waals surface area contributed by atoms with Crippen LogP contribution < -0.4 is 5.73 Å². The Morgan fingerprint density at radius 2 is 1.81 bits per heavy atom. The lowest BCUT2D eigenvalue weighted by Gasteiger charge is -2.38. The molecule has 21 heavy (non-hydrogen) atoms. The molecule has 0 saturated carbocycles. The zero-order chi connectivity index (χ0) is 15.2. The van der Waals surface area contributed by atoms with Gasteiger partial charge in [-0.1, -0.05) is 31.2 Å². The Hall–Kier alpha value is -0.900. The average Bonchev–Trinajstić information content (AvgIpc) is 2.52. The van der Waals surface area contributed by atoms with E-state index >= 15 is 0 Å². The Morgan fingerprint density at radius 3 is 2.43 bits per heavy atom. The molecule has 1 saturated heterocycles. The third kappa shape index (κ3) is 4.53. The first-order valence-electron chi connectivity index (χ1n) is 8.39. The second kappa shape index (κ2) is 7.92. The highest BCUT2D eigenvalue weighted by molar-refractivity contribution is 5.28. The molecule has 2 rings (SSSR count). The molecule has 0 amide bonds. The van der Waals surface area contributed by atoms with Crippen molar-refractivity contribution in [2.75, 3.05) is 32.7 Å². The van der Waals surface area contributed by atoms with E-state index in [1.165, 1.54) is 43.7 Å². The third-order valence-electron chi connectivity index (χ3n) is 4.97. The van der Waals surface area contributed by atoms with E-state index in [1.54, 1.807) is 0 Å². The first kappa shape index (κ1) is 16.5. The molecule has 1 aliphatic rings. The minimum atomic E-state index is 0.166. The lowest BCUT2D eigenvalue weighted by atomic mass is 9.99. The van der Waals surface area contributed by atoms with E-state index < -0.39 is 0 Å². The van der Waals surface area contributed by atoms with Crippen LogP contribution in [0.3, 0.4) is 0 Å². The molecule has 0 aromatic heterocycles. The summed E-state index contributed by atoms with van der Waals surface area (Å²) >= 11 is 0. The van der Waals surface area contributed by atoms with Crippen LogP contribution >= 0.6 is 0 Å². The number of aryl methyl sites for hydroxylation is 1. The van der Waals surface area contributed by atoms with E-state index in [2.05, 4.69) is 54.8 Å². The van der Waals surface area contributed by atoms with Crippen LogP contribution in [0.5, 0.6) is 0 Å². The van der Waals surface area contributed by atoms with Crippen molar-refractivity contribution in [2.24, 2.45) is 5.73 Å². The SMILES string of the molecule is CCC(C)N1CCN(CCC(N)c2ccccc2C)CC1. The number of nitrogens with two attached hydrogens (primary N) is 1. The third-order valence-corrected chi connectivity index (χ3v) is 4.97. The monoisotopic (exact) mass is 289 g/mol. The standard InChI is InChI=1S/C18H31N3/c1-4-16(3)21-13-11-20(12-14-21)10-9-18(19)17-8-6-5-7-15(17)2/h5-8,16,18H,4,9-14,19H2,1-3H3. The van der Waals surface area contributed by atoms with Crippen LogP contribution in [0.1, 0.15) is 43.9 Å². The summed E-state index contributed by atoms with van der Waals surface area (Å²) in [4.78, 5) is 5.18. The van der Waals surface area contributed by atoms with Crippen molar-refractivity contribution in [1.29, 1.82) is 0 Å². The number of benzene rings is 1. The van der Waals surface area contributed by atoms with Crippen LogP contribution in [-0.4, -0.2) is 48.6 Å². The van der Waals surface area contributed by atoms with Gasteiger partial charge in [0, 0.05) is 44.8 Å². The second-order valence-corrected chi connectivity index (χ2v) is 6.39. The molecule has 0 radical (unpaired) electrons. The van der Waals surface area contributed by atoms with E-state index in [1.807, 2.05) is 0 Å². The van der Waals surface area contributed by atoms with Crippen molar-refractivity contribution in [3.8, 4) is 0 Å². The summed E-state index contributed by atoms with van der Waals surface area (Å²) in [5.41, 5.74) is 8.99. The van der Waals surface area contributed by atoms with Gasteiger partial charge in [0.15, 0.2) is 0 Å². The van der Waals surface area contributed by atoms with Crippen LogP contribution in [0.25, 0.3) is 0 Å². The lowest BCUT2D eigenvalue weighted by Crippen LogP contribution is -2.49. The molecule has 1 aromatic rings. The normalized spacial score (nSPS) is 20.4. The lowest BCUT2D eigenvalue weighted by molar-refractivity contribution is 0.0986. The molecule has 2 N–H and O–H groups in total. The van der Waals surface area contributed by atoms with Crippen LogP contribution in [-0.2, 0) is 0 Å². The summed E-state index contributed by atoms with van der Waals surface area (Å²) in [6.07, 6.45) is 2.30. The molecule has 1 aromatic carbocycles. The highest BCUT2D eigenvalue weighted by atomic mass is 15.3. The van der Waals surface area contributed by atoms with Gasteiger partial charge >= 0.3 is 0 Å². The highest BCUT2D eigenvalue weighted by Crippen LogP contribution is 2.19. The number of hydrogen-bond acceptors (Lipinski definition) is 3. The predicted molar refractivity (Wildman–Crippen MR) is 90.5 cm³/mol. The maximum atomic E-state index is 6.37. The Labute approximate surface area is 130 Å². The van der Waals surface area contributed by atoms with Gasteiger partial charge in [0.25, 0.3) is 0 Å². The van der Waals surface area contributed by atoms with Crippen molar-refractivity contribution in [3.05, 3.63) is 35.4 Å². The van der Waals surface area contributed by atoms with Gasteiger partial charge in [-0.3, -0.25) is 4.90 Å². The van der Waals surface area contributed by atoms with Gasteiger partial charge in [0.2, 0.25) is 0 Å². The van der Waals surface area contributed by atoms with Crippen molar-refractivity contribution in [2.45, 2.75) is 45.7 Å². The van der Waals surface area contributed by atoms with E-state index in [0.29, 0.717) is 0 Å². The quantitative estimate of drug-likeness (QED) is 0.874. The van der Waals surface area contributed by atoms with Gasteiger partial charge in [-0.2, -0.15) is 0 Å². The molecular weight excluding hydrogens is 258 g/mol. The summed E-state index contributed by atoms with van der Waals surface area (Å²) in [6.45, 7) is 12.7. The highest BCUT2D eigenvalue weighted by Gasteiger charge is 2.20. The largest absolute Gasteiger partial charge is 0.324 e. The molecule has 3 nitrogen and oxygen atoms in total. The summed E-state index contributed by atoms with van der Waals surface area (Å²) in [5, 5.41) is 0. The second-order valence-electron chi connectivity index (χ2n) is 6.39. The fraction of sp³-hybridized carbons (Fsp3) is 0.667. The van der Waals surface area contributed by atoms with Crippen molar-refractivity contribution < 1.29 is 0 Å². The van der Waals surface area contributed by atoms with Crippen LogP contribution in [0.4, 0.5) is 0 Å². The Kier molecular flexibility index (Phi) is 6.22. The van der Waals surface area contributed by atoms with E-state index in [9.17, 15) is 0 Å². The van der Waals surface area contributed by atoms with Crippen molar-refractivity contribution in [3.63, 3.8) is 0 Å². The predicted octanol–water partition coefficient (Wildman–Crippen LogP) is 2.80. The van der Waals surface area contributed by atoms with Gasteiger partial charge in [-0.05, 0) is 37.8 Å². The summed E-state index contributed by atoms with van der Waals surface area (Å²) in [7, 11) is 0. The van der Waals surface area contributed by atoms with Gasteiger partial charge < -0.3 is 10.6 Å². The number of hydrogen-bond donors (Lipinski definition) is 1. The molecule has 0 spiro atoms. The molecule has 1 fully saturated rings. The topological polar surface area (TPSA) is 32.5 Å². The molecular formula is C18H31N3. The summed E-state index contributed by atoms with van der Waals surface area (Å²) in [6, 6.07) is 9.38. The minimum absolute atomic E-state index is 0.166. The van der Waals surface area contributed by atoms with E-state index in [4.69, 9.17) is 5.73 Å². The maximum Gasteiger partial charge on any atom is 0.0309 e. The zero-order valence-electron chi connectivity index (χ0n) is 13.9. The van der Waals surface area contributed by atoms with Gasteiger partial charge in [0.1, 0.15) is 0 Å². The van der Waals surface area contributed by atoms with Crippen LogP contribution in [0.15, 0.2) is 24.3 Å². The maximum absolute atomic E-state index is 6.37. The summed E-state index contributed by atoms with van der Waals surface area (Å²) in [5.74, 6) is 0. The van der Waals surface area contributed by atoms with Crippen LogP contribution in [0.2, 0.25) is 0 Å². The van der Waals surface area contributed by atoms with Gasteiger partial charge in [0.05, 0.1) is 0 Å². The van der Waals surface area contributed by atoms with Gasteiger partial charge in [-0.25, -0.2) is 0 Å². The molecule has 1 heterocycles. The number of piperazine rings is 1. The molecule has 118 valence electrons. The average molecular weight is 289 g/mol. The fourth-order valence-electron chi connectivity index (χ4n) is 3.17. The van der Waals surface area contributed by atoms with Gasteiger partial charge in [-0.15, -0.1) is 0 Å². The number of rotatable bonds is 6. The Bertz CT molecular complexity index is 424. The van der Waals surface area contributed by atoms with Crippen molar-refractivity contribution in [1.82, 2.24) is 9.80 Å². The first-order valence-corrected chi connectivity index (χ1v) is 8.39. The zero-order valence-corrected chi connectivity index (χ0v) is 13.9. The molecule has 0 bridgehead atoms. The van der Waals surface area contributed by atoms with E-state index in [0.717, 1.165) is 19.0 Å². The Morgan fingerprint density at radius 1 is 1.14 bits per heavy atom. The molecule has 2 unspecified atom stereocenters. The van der Waals surface area contributed by atoms with E-state index in [-0.39, 0.29) is 6.04 Å². The first-order chi connectivity index (χ1) is 10.1. The smallest absolute Gasteiger partial charge is 0.0309 e. The fourth-order valence-corrected chi connectivity index (χ4v) is 3.17. The van der Waals surface area contributed by atoms with Crippen LogP contribution in [0, 0.1) is 6.92 Å². The molecule has 1 aliphatic heterocycles. The number of nitrogens with zero attached hydrogens (tertiary/aromatic N) is 2. The summed E-state index contributed by atoms with van der Waals surface area (Å²) < 4.78 is 0. The molecule has 3 heteroatoms. The molecule has 2 atom stereocenters. The Balaban J connectivity index is 1.76.